The monoisotopic (exact) mass is 460 g/mol. The van der Waals surface area contributed by atoms with Crippen molar-refractivity contribution in [1.82, 2.24) is 5.32 Å². The number of anilines is 1. The number of amides is 1. The van der Waals surface area contributed by atoms with Gasteiger partial charge in [0.15, 0.2) is 6.61 Å². The van der Waals surface area contributed by atoms with Crippen LogP contribution in [0, 0.1) is 5.92 Å². The number of esters is 1. The third-order valence-electron chi connectivity index (χ3n) is 5.51. The smallest absolute Gasteiger partial charge is 0.338 e. The summed E-state index contributed by atoms with van der Waals surface area (Å²) in [5, 5.41) is 2.92. The van der Waals surface area contributed by atoms with Crippen LogP contribution in [-0.4, -0.2) is 40.1 Å². The molecule has 2 atom stereocenters. The number of hydrogen-bond donors (Lipinski definition) is 2. The number of carbonyl (C=O) groups is 2. The van der Waals surface area contributed by atoms with E-state index >= 15 is 0 Å². The lowest BCUT2D eigenvalue weighted by atomic mass is 9.86. The van der Waals surface area contributed by atoms with E-state index in [0.29, 0.717) is 17.4 Å². The van der Waals surface area contributed by atoms with Crippen LogP contribution in [0.5, 0.6) is 5.75 Å². The highest BCUT2D eigenvalue weighted by Crippen LogP contribution is 2.24. The number of sulfonamides is 1. The van der Waals surface area contributed by atoms with Gasteiger partial charge in [0.2, 0.25) is 0 Å². The van der Waals surface area contributed by atoms with Crippen molar-refractivity contribution in [2.75, 3.05) is 18.4 Å². The number of rotatable bonds is 8. The van der Waals surface area contributed by atoms with Gasteiger partial charge < -0.3 is 14.8 Å². The first-order valence-electron chi connectivity index (χ1n) is 10.5. The zero-order chi connectivity index (χ0) is 23.1. The minimum atomic E-state index is -3.92. The van der Waals surface area contributed by atoms with E-state index in [1.54, 1.807) is 24.3 Å². The van der Waals surface area contributed by atoms with Crippen molar-refractivity contribution in [3.63, 3.8) is 0 Å². The summed E-state index contributed by atoms with van der Waals surface area (Å²) in [7, 11) is -2.41. The normalized spacial score (nSPS) is 18.4. The molecule has 2 aromatic rings. The standard InChI is InChI=1S/C23H28N2O6S/c1-16-6-3-4-9-21(16)24-22(26)15-31-23(27)17-7-5-8-20(14-17)32(28,29)25-18-10-12-19(30-2)13-11-18/h5,7-8,10-14,16,21,25H,3-4,6,9,15H2,1-2H3,(H,24,26). The molecule has 1 aliphatic carbocycles. The van der Waals surface area contributed by atoms with E-state index in [4.69, 9.17) is 9.47 Å². The molecule has 0 aromatic heterocycles. The third kappa shape index (κ3) is 6.23. The van der Waals surface area contributed by atoms with Gasteiger partial charge >= 0.3 is 5.97 Å². The molecule has 8 nitrogen and oxygen atoms in total. The van der Waals surface area contributed by atoms with Crippen LogP contribution in [-0.2, 0) is 19.6 Å². The Labute approximate surface area is 188 Å². The number of hydrogen-bond acceptors (Lipinski definition) is 6. The van der Waals surface area contributed by atoms with E-state index in [9.17, 15) is 18.0 Å². The first-order valence-corrected chi connectivity index (χ1v) is 12.0. The lowest BCUT2D eigenvalue weighted by Gasteiger charge is -2.29. The summed E-state index contributed by atoms with van der Waals surface area (Å²) in [6.07, 6.45) is 4.22. The van der Waals surface area contributed by atoms with Crippen LogP contribution in [0.2, 0.25) is 0 Å². The van der Waals surface area contributed by atoms with E-state index in [-0.39, 0.29) is 22.4 Å². The van der Waals surface area contributed by atoms with E-state index in [1.807, 2.05) is 0 Å². The predicted molar refractivity (Wildman–Crippen MR) is 120 cm³/mol. The summed E-state index contributed by atoms with van der Waals surface area (Å²) in [5.41, 5.74) is 0.397. The molecule has 1 saturated carbocycles. The third-order valence-corrected chi connectivity index (χ3v) is 6.89. The Balaban J connectivity index is 1.60. The maximum atomic E-state index is 12.7. The largest absolute Gasteiger partial charge is 0.497 e. The highest BCUT2D eigenvalue weighted by atomic mass is 32.2. The molecule has 1 amide bonds. The van der Waals surface area contributed by atoms with Gasteiger partial charge in [0.25, 0.3) is 15.9 Å². The minimum absolute atomic E-state index is 0.0430. The molecule has 9 heteroatoms. The summed E-state index contributed by atoms with van der Waals surface area (Å²) in [6, 6.07) is 12.0. The molecule has 0 radical (unpaired) electrons. The maximum Gasteiger partial charge on any atom is 0.338 e. The summed E-state index contributed by atoms with van der Waals surface area (Å²) in [4.78, 5) is 24.5. The molecule has 2 aromatic carbocycles. The van der Waals surface area contributed by atoms with Crippen molar-refractivity contribution >= 4 is 27.6 Å². The van der Waals surface area contributed by atoms with Gasteiger partial charge in [0, 0.05) is 11.7 Å². The van der Waals surface area contributed by atoms with Crippen LogP contribution in [0.25, 0.3) is 0 Å². The molecule has 0 heterocycles. The van der Waals surface area contributed by atoms with Gasteiger partial charge in [-0.2, -0.15) is 0 Å². The molecular weight excluding hydrogens is 432 g/mol. The molecule has 0 saturated heterocycles. The molecule has 32 heavy (non-hydrogen) atoms. The fourth-order valence-electron chi connectivity index (χ4n) is 3.66. The lowest BCUT2D eigenvalue weighted by Crippen LogP contribution is -2.42. The second-order valence-corrected chi connectivity index (χ2v) is 9.56. The Morgan fingerprint density at radius 3 is 2.47 bits per heavy atom. The SMILES string of the molecule is COc1ccc(NS(=O)(=O)c2cccc(C(=O)OCC(=O)NC3CCCCC3C)c2)cc1. The van der Waals surface area contributed by atoms with E-state index in [0.717, 1.165) is 25.7 Å². The second kappa shape index (κ2) is 10.5. The van der Waals surface area contributed by atoms with Crippen LogP contribution >= 0.6 is 0 Å². The van der Waals surface area contributed by atoms with Crippen LogP contribution in [0.3, 0.4) is 0 Å². The molecule has 2 N–H and O–H groups in total. The zero-order valence-corrected chi connectivity index (χ0v) is 19.0. The topological polar surface area (TPSA) is 111 Å². The van der Waals surface area contributed by atoms with Gasteiger partial charge in [0.05, 0.1) is 17.6 Å². The number of carbonyl (C=O) groups excluding carboxylic acids is 2. The van der Waals surface area contributed by atoms with Crippen molar-refractivity contribution in [2.24, 2.45) is 5.92 Å². The highest BCUT2D eigenvalue weighted by Gasteiger charge is 2.23. The molecule has 2 unspecified atom stereocenters. The molecule has 172 valence electrons. The molecular formula is C23H28N2O6S. The number of methoxy groups -OCH3 is 1. The quantitative estimate of drug-likeness (QED) is 0.585. The van der Waals surface area contributed by atoms with Crippen LogP contribution < -0.4 is 14.8 Å². The van der Waals surface area contributed by atoms with Gasteiger partial charge in [-0.3, -0.25) is 9.52 Å². The van der Waals surface area contributed by atoms with Gasteiger partial charge in [-0.15, -0.1) is 0 Å². The van der Waals surface area contributed by atoms with Crippen LogP contribution in [0.1, 0.15) is 43.0 Å². The molecule has 1 fully saturated rings. The maximum absolute atomic E-state index is 12.7. The van der Waals surface area contributed by atoms with E-state index in [1.165, 1.54) is 31.4 Å². The van der Waals surface area contributed by atoms with Gasteiger partial charge in [-0.1, -0.05) is 25.8 Å². The Morgan fingerprint density at radius 2 is 1.78 bits per heavy atom. The average molecular weight is 461 g/mol. The summed E-state index contributed by atoms with van der Waals surface area (Å²) in [6.45, 7) is 1.69. The fraction of sp³-hybridized carbons (Fsp3) is 0.391. The van der Waals surface area contributed by atoms with Crippen molar-refractivity contribution in [3.8, 4) is 5.75 Å². The number of benzene rings is 2. The lowest BCUT2D eigenvalue weighted by molar-refractivity contribution is -0.125. The van der Waals surface area contributed by atoms with Gasteiger partial charge in [-0.25, -0.2) is 13.2 Å². The zero-order valence-electron chi connectivity index (χ0n) is 18.2. The van der Waals surface area contributed by atoms with Gasteiger partial charge in [0.1, 0.15) is 5.75 Å². The van der Waals surface area contributed by atoms with E-state index < -0.39 is 22.6 Å². The van der Waals surface area contributed by atoms with Crippen molar-refractivity contribution < 1.29 is 27.5 Å². The fourth-order valence-corrected chi connectivity index (χ4v) is 4.76. The summed E-state index contributed by atoms with van der Waals surface area (Å²) in [5.74, 6) is -0.136. The van der Waals surface area contributed by atoms with Crippen molar-refractivity contribution in [1.29, 1.82) is 0 Å². The number of nitrogens with one attached hydrogen (secondary N) is 2. The molecule has 0 bridgehead atoms. The molecule has 1 aliphatic rings. The first kappa shape index (κ1) is 23.6. The summed E-state index contributed by atoms with van der Waals surface area (Å²) < 4.78 is 38.0. The van der Waals surface area contributed by atoms with E-state index in [2.05, 4.69) is 17.0 Å². The highest BCUT2D eigenvalue weighted by molar-refractivity contribution is 7.92. The van der Waals surface area contributed by atoms with Crippen molar-refractivity contribution in [3.05, 3.63) is 54.1 Å². The molecule has 0 spiro atoms. The Bertz CT molecular complexity index is 1050. The summed E-state index contributed by atoms with van der Waals surface area (Å²) >= 11 is 0. The van der Waals surface area contributed by atoms with Crippen LogP contribution in [0.4, 0.5) is 5.69 Å². The average Bonchev–Trinajstić information content (AvgIpc) is 2.79. The predicted octanol–water partition coefficient (Wildman–Crippen LogP) is 3.35. The van der Waals surface area contributed by atoms with Gasteiger partial charge in [-0.05, 0) is 61.2 Å². The first-order chi connectivity index (χ1) is 15.3. The van der Waals surface area contributed by atoms with Crippen molar-refractivity contribution in [2.45, 2.75) is 43.5 Å². The molecule has 3 rings (SSSR count). The minimum Gasteiger partial charge on any atom is -0.497 e. The Hall–Kier alpha value is -3.07. The second-order valence-electron chi connectivity index (χ2n) is 7.87. The Morgan fingerprint density at radius 1 is 1.06 bits per heavy atom. The Kier molecular flexibility index (Phi) is 7.74. The number of ether oxygens (including phenoxy) is 2. The molecule has 0 aliphatic heterocycles. The van der Waals surface area contributed by atoms with Crippen LogP contribution in [0.15, 0.2) is 53.4 Å².